The summed E-state index contributed by atoms with van der Waals surface area (Å²) >= 11 is 1.67. The third kappa shape index (κ3) is 1.64. The van der Waals surface area contributed by atoms with Gasteiger partial charge in [-0.25, -0.2) is 0 Å². The maximum absolute atomic E-state index is 9.08. The van der Waals surface area contributed by atoms with Gasteiger partial charge in [-0.15, -0.1) is 11.3 Å². The molecule has 2 heteroatoms. The highest BCUT2D eigenvalue weighted by molar-refractivity contribution is 7.13. The second kappa shape index (κ2) is 3.73. The predicted octanol–water partition coefficient (Wildman–Crippen LogP) is 2.91. The summed E-state index contributed by atoms with van der Waals surface area (Å²) in [7, 11) is 0. The molecule has 0 fully saturated rings. The maximum Gasteiger partial charge on any atom is 0.0696 e. The predicted molar refractivity (Wildman–Crippen MR) is 55.7 cm³/mol. The van der Waals surface area contributed by atoms with E-state index in [1.165, 1.54) is 10.4 Å². The molecular formula is C11H10OS. The molecule has 66 valence electrons. The molecule has 0 aliphatic rings. The molecule has 13 heavy (non-hydrogen) atoms. The van der Waals surface area contributed by atoms with Gasteiger partial charge in [-0.3, -0.25) is 0 Å². The minimum atomic E-state index is 0.119. The van der Waals surface area contributed by atoms with Crippen LogP contribution in [0.1, 0.15) is 5.56 Å². The fraction of sp³-hybridized carbons (Fsp3) is 0.0909. The lowest BCUT2D eigenvalue weighted by Crippen LogP contribution is -1.81. The number of aliphatic hydroxyl groups is 1. The van der Waals surface area contributed by atoms with Crippen molar-refractivity contribution < 1.29 is 5.11 Å². The molecule has 0 spiro atoms. The molecule has 0 atom stereocenters. The van der Waals surface area contributed by atoms with Crippen LogP contribution in [0.2, 0.25) is 0 Å². The van der Waals surface area contributed by atoms with E-state index in [0.717, 1.165) is 5.56 Å². The van der Waals surface area contributed by atoms with Crippen molar-refractivity contribution in [3.05, 3.63) is 47.3 Å². The lowest BCUT2D eigenvalue weighted by molar-refractivity contribution is 0.283. The number of benzene rings is 1. The number of rotatable bonds is 2. The first-order valence-electron chi connectivity index (χ1n) is 4.14. The normalized spacial score (nSPS) is 10.2. The Balaban J connectivity index is 2.47. The molecule has 1 N–H and O–H groups in total. The lowest BCUT2D eigenvalue weighted by Gasteiger charge is -1.99. The quantitative estimate of drug-likeness (QED) is 0.772. The summed E-state index contributed by atoms with van der Waals surface area (Å²) < 4.78 is 0. The Kier molecular flexibility index (Phi) is 2.43. The third-order valence-electron chi connectivity index (χ3n) is 1.95. The van der Waals surface area contributed by atoms with Crippen molar-refractivity contribution in [2.75, 3.05) is 0 Å². The van der Waals surface area contributed by atoms with Crippen LogP contribution in [0.4, 0.5) is 0 Å². The molecule has 1 aromatic heterocycles. The highest BCUT2D eigenvalue weighted by Gasteiger charge is 2.04. The molecule has 0 saturated carbocycles. The topological polar surface area (TPSA) is 20.2 Å². The lowest BCUT2D eigenvalue weighted by atomic mass is 10.1. The van der Waals surface area contributed by atoms with Gasteiger partial charge in [0.25, 0.3) is 0 Å². The Bertz CT molecular complexity index is 378. The van der Waals surface area contributed by atoms with E-state index in [4.69, 9.17) is 5.11 Å². The molecule has 0 unspecified atom stereocenters. The van der Waals surface area contributed by atoms with E-state index in [0.29, 0.717) is 0 Å². The van der Waals surface area contributed by atoms with E-state index in [2.05, 4.69) is 12.1 Å². The van der Waals surface area contributed by atoms with Crippen molar-refractivity contribution in [1.82, 2.24) is 0 Å². The van der Waals surface area contributed by atoms with Crippen LogP contribution in [0.25, 0.3) is 10.4 Å². The van der Waals surface area contributed by atoms with Crippen molar-refractivity contribution in [1.29, 1.82) is 0 Å². The van der Waals surface area contributed by atoms with E-state index < -0.39 is 0 Å². The first kappa shape index (κ1) is 8.48. The van der Waals surface area contributed by atoms with Crippen LogP contribution in [-0.2, 0) is 6.61 Å². The van der Waals surface area contributed by atoms with Gasteiger partial charge in [-0.2, -0.15) is 0 Å². The van der Waals surface area contributed by atoms with Crippen LogP contribution in [-0.4, -0.2) is 5.11 Å². The highest BCUT2D eigenvalue weighted by atomic mass is 32.1. The van der Waals surface area contributed by atoms with Crippen molar-refractivity contribution in [2.24, 2.45) is 0 Å². The third-order valence-corrected chi connectivity index (χ3v) is 2.96. The molecule has 0 saturated heterocycles. The fourth-order valence-electron chi connectivity index (χ4n) is 1.30. The zero-order valence-electron chi connectivity index (χ0n) is 7.10. The van der Waals surface area contributed by atoms with Crippen molar-refractivity contribution in [3.8, 4) is 10.4 Å². The van der Waals surface area contributed by atoms with Crippen LogP contribution >= 0.6 is 11.3 Å². The first-order chi connectivity index (χ1) is 6.42. The number of aliphatic hydroxyl groups excluding tert-OH is 1. The Morgan fingerprint density at radius 1 is 1.08 bits per heavy atom. The number of hydrogen-bond donors (Lipinski definition) is 1. The minimum Gasteiger partial charge on any atom is -0.392 e. The Labute approximate surface area is 81.3 Å². The van der Waals surface area contributed by atoms with Crippen LogP contribution in [0.15, 0.2) is 41.8 Å². The van der Waals surface area contributed by atoms with E-state index in [9.17, 15) is 0 Å². The molecule has 1 nitrogen and oxygen atoms in total. The number of thiophene rings is 1. The molecule has 0 bridgehead atoms. The molecule has 0 aliphatic heterocycles. The van der Waals surface area contributed by atoms with Crippen LogP contribution in [0.5, 0.6) is 0 Å². The smallest absolute Gasteiger partial charge is 0.0696 e. The number of hydrogen-bond acceptors (Lipinski definition) is 2. The monoisotopic (exact) mass is 190 g/mol. The van der Waals surface area contributed by atoms with Gasteiger partial charge in [-0.1, -0.05) is 30.3 Å². The summed E-state index contributed by atoms with van der Waals surface area (Å²) in [6.07, 6.45) is 0. The van der Waals surface area contributed by atoms with Crippen LogP contribution < -0.4 is 0 Å². The fourth-order valence-corrected chi connectivity index (χ4v) is 2.23. The zero-order valence-corrected chi connectivity index (χ0v) is 7.92. The standard InChI is InChI=1S/C11H10OS/c12-8-10-6-7-13-11(10)9-4-2-1-3-5-9/h1-7,12H,8H2. The van der Waals surface area contributed by atoms with Gasteiger partial charge in [-0.05, 0) is 22.6 Å². The Morgan fingerprint density at radius 3 is 2.54 bits per heavy atom. The summed E-state index contributed by atoms with van der Waals surface area (Å²) in [5.74, 6) is 0. The largest absolute Gasteiger partial charge is 0.392 e. The summed E-state index contributed by atoms with van der Waals surface area (Å²) in [4.78, 5) is 1.17. The average Bonchev–Trinajstić information content (AvgIpc) is 2.67. The van der Waals surface area contributed by atoms with Gasteiger partial charge in [0.05, 0.1) is 6.61 Å². The van der Waals surface area contributed by atoms with Gasteiger partial charge in [0.2, 0.25) is 0 Å². The van der Waals surface area contributed by atoms with Gasteiger partial charge in [0.1, 0.15) is 0 Å². The molecule has 0 amide bonds. The van der Waals surface area contributed by atoms with Gasteiger partial charge < -0.3 is 5.11 Å². The molecule has 1 aromatic carbocycles. The zero-order chi connectivity index (χ0) is 9.10. The van der Waals surface area contributed by atoms with Gasteiger partial charge in [0, 0.05) is 4.88 Å². The van der Waals surface area contributed by atoms with E-state index in [-0.39, 0.29) is 6.61 Å². The molecular weight excluding hydrogens is 180 g/mol. The van der Waals surface area contributed by atoms with E-state index in [1.54, 1.807) is 11.3 Å². The van der Waals surface area contributed by atoms with Crippen LogP contribution in [0, 0.1) is 0 Å². The summed E-state index contributed by atoms with van der Waals surface area (Å²) in [5.41, 5.74) is 2.19. The second-order valence-electron chi connectivity index (χ2n) is 2.80. The first-order valence-corrected chi connectivity index (χ1v) is 5.02. The molecule has 0 radical (unpaired) electrons. The van der Waals surface area contributed by atoms with E-state index in [1.807, 2.05) is 29.6 Å². The highest BCUT2D eigenvalue weighted by Crippen LogP contribution is 2.28. The minimum absolute atomic E-state index is 0.119. The van der Waals surface area contributed by atoms with Gasteiger partial charge >= 0.3 is 0 Å². The maximum atomic E-state index is 9.08. The summed E-state index contributed by atoms with van der Waals surface area (Å²) in [6.45, 7) is 0.119. The second-order valence-corrected chi connectivity index (χ2v) is 3.72. The molecule has 2 aromatic rings. The van der Waals surface area contributed by atoms with Crippen molar-refractivity contribution in [3.63, 3.8) is 0 Å². The Hall–Kier alpha value is -1.12. The summed E-state index contributed by atoms with van der Waals surface area (Å²) in [5, 5.41) is 11.1. The van der Waals surface area contributed by atoms with Crippen molar-refractivity contribution in [2.45, 2.75) is 6.61 Å². The summed E-state index contributed by atoms with van der Waals surface area (Å²) in [6, 6.07) is 12.1. The SMILES string of the molecule is OCc1ccsc1-c1ccccc1. The average molecular weight is 190 g/mol. The Morgan fingerprint density at radius 2 is 1.85 bits per heavy atom. The van der Waals surface area contributed by atoms with E-state index >= 15 is 0 Å². The van der Waals surface area contributed by atoms with Crippen molar-refractivity contribution >= 4 is 11.3 Å². The molecule has 0 aliphatic carbocycles. The molecule has 2 rings (SSSR count). The van der Waals surface area contributed by atoms with Gasteiger partial charge in [0.15, 0.2) is 0 Å². The molecule has 1 heterocycles. The van der Waals surface area contributed by atoms with Crippen LogP contribution in [0.3, 0.4) is 0 Å².